The molecule has 1 amide bonds. The van der Waals surface area contributed by atoms with Crippen LogP contribution in [0.4, 0.5) is 15.2 Å². The van der Waals surface area contributed by atoms with Gasteiger partial charge in [0.05, 0.1) is 5.02 Å². The van der Waals surface area contributed by atoms with Crippen LogP contribution in [-0.2, 0) is 11.2 Å². The summed E-state index contributed by atoms with van der Waals surface area (Å²) in [5.74, 6) is -0.783. The molecule has 1 aliphatic rings. The fourth-order valence-corrected chi connectivity index (χ4v) is 4.67. The van der Waals surface area contributed by atoms with Crippen molar-refractivity contribution in [2.75, 3.05) is 23.3 Å². The van der Waals surface area contributed by atoms with E-state index in [4.69, 9.17) is 11.6 Å². The molecular weight excluding hydrogens is 429 g/mol. The summed E-state index contributed by atoms with van der Waals surface area (Å²) >= 11 is 7.16. The highest BCUT2D eigenvalue weighted by Gasteiger charge is 2.27. The number of nitrogens with one attached hydrogen (secondary N) is 1. The molecular formula is C20H21ClFN5O2S. The highest BCUT2D eigenvalue weighted by molar-refractivity contribution is 7.20. The van der Waals surface area contributed by atoms with E-state index in [1.807, 2.05) is 6.92 Å². The van der Waals surface area contributed by atoms with Gasteiger partial charge in [-0.15, -0.1) is 5.10 Å². The summed E-state index contributed by atoms with van der Waals surface area (Å²) in [5.41, 5.74) is 1.10. The van der Waals surface area contributed by atoms with Gasteiger partial charge in [-0.2, -0.15) is 4.52 Å². The molecule has 3 heterocycles. The Morgan fingerprint density at radius 1 is 1.33 bits per heavy atom. The van der Waals surface area contributed by atoms with Crippen LogP contribution in [0.3, 0.4) is 0 Å². The predicted octanol–water partition coefficient (Wildman–Crippen LogP) is 3.75. The van der Waals surface area contributed by atoms with Crippen molar-refractivity contribution in [1.29, 1.82) is 0 Å². The number of halogens is 2. The Labute approximate surface area is 181 Å². The van der Waals surface area contributed by atoms with Gasteiger partial charge >= 0.3 is 0 Å². The van der Waals surface area contributed by atoms with Crippen LogP contribution >= 0.6 is 22.9 Å². The SMILES string of the molecule is CCCc1cc(=O)n2nc(N3CCC(C(=O)Nc4ccc(F)c(Cl)c4)CC3)sc2n1. The molecule has 0 atom stereocenters. The summed E-state index contributed by atoms with van der Waals surface area (Å²) < 4.78 is 14.6. The standard InChI is InChI=1S/C20H21ClFN5O2S/c1-2-3-13-11-17(28)27-19(24-13)30-20(25-27)26-8-6-12(7-9-26)18(29)23-14-4-5-16(22)15(21)10-14/h4-5,10-12H,2-3,6-9H2,1H3,(H,23,29). The van der Waals surface area contributed by atoms with Crippen LogP contribution in [0, 0.1) is 11.7 Å². The maximum atomic E-state index is 13.3. The molecule has 4 rings (SSSR count). The van der Waals surface area contributed by atoms with E-state index >= 15 is 0 Å². The number of nitrogens with zero attached hydrogens (tertiary/aromatic N) is 4. The average molecular weight is 450 g/mol. The number of aromatic nitrogens is 3. The third kappa shape index (κ3) is 4.32. The summed E-state index contributed by atoms with van der Waals surface area (Å²) in [4.78, 5) is 32.1. The molecule has 0 bridgehead atoms. The van der Waals surface area contributed by atoms with E-state index in [0.29, 0.717) is 36.6 Å². The second-order valence-electron chi connectivity index (χ2n) is 7.29. The van der Waals surface area contributed by atoms with E-state index in [1.54, 1.807) is 0 Å². The molecule has 0 spiro atoms. The highest BCUT2D eigenvalue weighted by Crippen LogP contribution is 2.28. The topological polar surface area (TPSA) is 79.6 Å². The summed E-state index contributed by atoms with van der Waals surface area (Å²) in [6.45, 7) is 3.35. The lowest BCUT2D eigenvalue weighted by atomic mass is 9.96. The lowest BCUT2D eigenvalue weighted by Gasteiger charge is -2.30. The molecule has 2 aromatic heterocycles. The van der Waals surface area contributed by atoms with Crippen molar-refractivity contribution < 1.29 is 9.18 Å². The first-order valence-corrected chi connectivity index (χ1v) is 11.0. The number of aryl methyl sites for hydroxylation is 1. The molecule has 158 valence electrons. The van der Waals surface area contributed by atoms with Crippen LogP contribution in [0.1, 0.15) is 31.9 Å². The van der Waals surface area contributed by atoms with Gasteiger partial charge in [0.25, 0.3) is 5.56 Å². The minimum atomic E-state index is -0.519. The Kier molecular flexibility index (Phi) is 6.01. The molecule has 1 N–H and O–H groups in total. The molecule has 1 saturated heterocycles. The largest absolute Gasteiger partial charge is 0.347 e. The first-order chi connectivity index (χ1) is 14.4. The molecule has 10 heteroatoms. The van der Waals surface area contributed by atoms with Crippen molar-refractivity contribution in [3.8, 4) is 0 Å². The Morgan fingerprint density at radius 3 is 2.80 bits per heavy atom. The zero-order valence-corrected chi connectivity index (χ0v) is 18.0. The Morgan fingerprint density at radius 2 is 2.10 bits per heavy atom. The summed E-state index contributed by atoms with van der Waals surface area (Å²) in [5, 5.41) is 7.94. The number of hydrogen-bond donors (Lipinski definition) is 1. The Balaban J connectivity index is 1.41. The first kappa shape index (κ1) is 20.7. The highest BCUT2D eigenvalue weighted by atomic mass is 35.5. The zero-order chi connectivity index (χ0) is 21.3. The Hall–Kier alpha value is -2.52. The van der Waals surface area contributed by atoms with E-state index in [2.05, 4.69) is 20.3 Å². The molecule has 1 aliphatic heterocycles. The van der Waals surface area contributed by atoms with Crippen molar-refractivity contribution >= 4 is 44.6 Å². The van der Waals surface area contributed by atoms with Crippen molar-refractivity contribution in [3.63, 3.8) is 0 Å². The van der Waals surface area contributed by atoms with Gasteiger partial charge in [-0.3, -0.25) is 9.59 Å². The van der Waals surface area contributed by atoms with Gasteiger partial charge in [-0.25, -0.2) is 9.37 Å². The van der Waals surface area contributed by atoms with Crippen molar-refractivity contribution in [3.05, 3.63) is 51.2 Å². The van der Waals surface area contributed by atoms with E-state index in [9.17, 15) is 14.0 Å². The molecule has 0 unspecified atom stereocenters. The number of amides is 1. The van der Waals surface area contributed by atoms with Crippen LogP contribution in [-0.4, -0.2) is 33.6 Å². The zero-order valence-electron chi connectivity index (χ0n) is 16.4. The molecule has 1 aromatic carbocycles. The fraction of sp³-hybridized carbons (Fsp3) is 0.400. The molecule has 0 saturated carbocycles. The molecule has 7 nitrogen and oxygen atoms in total. The summed E-state index contributed by atoms with van der Waals surface area (Å²) in [6, 6.07) is 5.67. The van der Waals surface area contributed by atoms with Gasteiger partial charge in [-0.05, 0) is 37.5 Å². The van der Waals surface area contributed by atoms with Crippen LogP contribution in [0.5, 0.6) is 0 Å². The van der Waals surface area contributed by atoms with Crippen molar-refractivity contribution in [2.45, 2.75) is 32.6 Å². The molecule has 30 heavy (non-hydrogen) atoms. The number of benzene rings is 1. The predicted molar refractivity (Wildman–Crippen MR) is 116 cm³/mol. The summed E-state index contributed by atoms with van der Waals surface area (Å²) in [7, 11) is 0. The van der Waals surface area contributed by atoms with Gasteiger partial charge in [0.15, 0.2) is 0 Å². The molecule has 0 radical (unpaired) electrons. The average Bonchev–Trinajstić information content (AvgIpc) is 3.16. The van der Waals surface area contributed by atoms with Crippen LogP contribution in [0.25, 0.3) is 4.96 Å². The van der Waals surface area contributed by atoms with Gasteiger partial charge in [0, 0.05) is 36.5 Å². The number of rotatable bonds is 5. The van der Waals surface area contributed by atoms with E-state index in [-0.39, 0.29) is 22.4 Å². The number of piperidine rings is 1. The number of carbonyl (C=O) groups is 1. The lowest BCUT2D eigenvalue weighted by molar-refractivity contribution is -0.120. The van der Waals surface area contributed by atoms with Crippen molar-refractivity contribution in [1.82, 2.24) is 14.6 Å². The van der Waals surface area contributed by atoms with Crippen molar-refractivity contribution in [2.24, 2.45) is 5.92 Å². The fourth-order valence-electron chi connectivity index (χ4n) is 3.51. The normalized spacial score (nSPS) is 15.0. The number of anilines is 2. The molecule has 0 aliphatic carbocycles. The third-order valence-corrected chi connectivity index (χ3v) is 6.38. The maximum Gasteiger partial charge on any atom is 0.275 e. The van der Waals surface area contributed by atoms with E-state index < -0.39 is 5.82 Å². The third-order valence-electron chi connectivity index (χ3n) is 5.12. The minimum Gasteiger partial charge on any atom is -0.347 e. The second kappa shape index (κ2) is 8.69. The lowest BCUT2D eigenvalue weighted by Crippen LogP contribution is -2.38. The number of carbonyl (C=O) groups excluding carboxylic acids is 1. The monoisotopic (exact) mass is 449 g/mol. The molecule has 3 aromatic rings. The van der Waals surface area contributed by atoms with Gasteiger partial charge in [0.2, 0.25) is 16.0 Å². The number of fused-ring (bicyclic) bond motifs is 1. The van der Waals surface area contributed by atoms with Gasteiger partial charge in [-0.1, -0.05) is 36.3 Å². The Bertz CT molecular complexity index is 1140. The van der Waals surface area contributed by atoms with Crippen LogP contribution in [0.2, 0.25) is 5.02 Å². The van der Waals surface area contributed by atoms with Gasteiger partial charge < -0.3 is 10.2 Å². The minimum absolute atomic E-state index is 0.0237. The maximum absolute atomic E-state index is 13.3. The van der Waals surface area contributed by atoms with E-state index in [0.717, 1.165) is 23.7 Å². The van der Waals surface area contributed by atoms with E-state index in [1.165, 1.54) is 40.1 Å². The quantitative estimate of drug-likeness (QED) is 0.641. The molecule has 1 fully saturated rings. The smallest absolute Gasteiger partial charge is 0.275 e. The van der Waals surface area contributed by atoms with Gasteiger partial charge in [0.1, 0.15) is 5.82 Å². The van der Waals surface area contributed by atoms with Crippen LogP contribution < -0.4 is 15.8 Å². The first-order valence-electron chi connectivity index (χ1n) is 9.85. The second-order valence-corrected chi connectivity index (χ2v) is 8.64. The summed E-state index contributed by atoms with van der Waals surface area (Å²) in [6.07, 6.45) is 2.99. The van der Waals surface area contributed by atoms with Crippen LogP contribution in [0.15, 0.2) is 29.1 Å². The number of hydrogen-bond acceptors (Lipinski definition) is 6.